The monoisotopic (exact) mass is 467 g/mol. The number of nitrogens with one attached hydrogen (secondary N) is 2. The van der Waals surface area contributed by atoms with Crippen molar-refractivity contribution in [2.45, 2.75) is 19.3 Å². The molecule has 0 saturated carbocycles. The van der Waals surface area contributed by atoms with Gasteiger partial charge in [-0.25, -0.2) is 5.48 Å². The summed E-state index contributed by atoms with van der Waals surface area (Å²) in [5, 5.41) is 25.4. The van der Waals surface area contributed by atoms with Gasteiger partial charge in [0.2, 0.25) is 6.23 Å². The quantitative estimate of drug-likeness (QED) is 0.154. The van der Waals surface area contributed by atoms with Crippen molar-refractivity contribution in [1.82, 2.24) is 10.8 Å². The van der Waals surface area contributed by atoms with E-state index in [4.69, 9.17) is 5.21 Å². The molecular formula is C28H25N3O4. The van der Waals surface area contributed by atoms with E-state index in [0.29, 0.717) is 24.2 Å². The van der Waals surface area contributed by atoms with Crippen LogP contribution in [0.15, 0.2) is 102 Å². The van der Waals surface area contributed by atoms with Crippen LogP contribution in [0.5, 0.6) is 0 Å². The summed E-state index contributed by atoms with van der Waals surface area (Å²) in [4.78, 5) is 23.1. The second kappa shape index (κ2) is 11.3. The van der Waals surface area contributed by atoms with Crippen molar-refractivity contribution in [3.8, 4) is 22.3 Å². The Morgan fingerprint density at radius 3 is 1.89 bits per heavy atom. The van der Waals surface area contributed by atoms with E-state index in [2.05, 4.69) is 10.5 Å². The van der Waals surface area contributed by atoms with Crippen LogP contribution in [-0.4, -0.2) is 16.2 Å². The van der Waals surface area contributed by atoms with Crippen LogP contribution in [0.4, 0.5) is 0 Å². The van der Waals surface area contributed by atoms with Gasteiger partial charge in [-0.1, -0.05) is 78.9 Å². The van der Waals surface area contributed by atoms with Crippen LogP contribution in [0.2, 0.25) is 0 Å². The molecule has 35 heavy (non-hydrogen) atoms. The fourth-order valence-electron chi connectivity index (χ4n) is 4.03. The van der Waals surface area contributed by atoms with Gasteiger partial charge in [0.1, 0.15) is 0 Å². The lowest BCUT2D eigenvalue weighted by atomic mass is 9.96. The maximum atomic E-state index is 12.1. The fraction of sp³-hybridized carbons (Fsp3) is 0.107. The van der Waals surface area contributed by atoms with Crippen molar-refractivity contribution in [3.05, 3.63) is 124 Å². The number of carbonyl (C=O) groups excluding carboxylic acids is 1. The highest BCUT2D eigenvalue weighted by molar-refractivity contribution is 6.00. The van der Waals surface area contributed by atoms with E-state index < -0.39 is 12.1 Å². The van der Waals surface area contributed by atoms with E-state index in [-0.39, 0.29) is 0 Å². The standard InChI is InChI=1S/C28H25N3O4/c32-27(30-34)23-13-11-19(15-25(23)21-7-3-1-4-8-21)17-29-18-20-12-14-24(28(33)31-35)26(16-20)22-9-5-2-6-10-22/h1-16,27,29,32,35H,17-18H2,(H,31,33). The Kier molecular flexibility index (Phi) is 7.74. The van der Waals surface area contributed by atoms with Crippen molar-refractivity contribution in [3.63, 3.8) is 0 Å². The summed E-state index contributed by atoms with van der Waals surface area (Å²) in [6.07, 6.45) is -1.43. The maximum Gasteiger partial charge on any atom is 0.275 e. The van der Waals surface area contributed by atoms with Crippen molar-refractivity contribution < 1.29 is 15.1 Å². The molecule has 0 fully saturated rings. The van der Waals surface area contributed by atoms with Crippen molar-refractivity contribution in [2.75, 3.05) is 0 Å². The number of carbonyl (C=O) groups is 1. The van der Waals surface area contributed by atoms with E-state index in [1.54, 1.807) is 17.6 Å². The van der Waals surface area contributed by atoms with Crippen LogP contribution < -0.4 is 10.8 Å². The summed E-state index contributed by atoms with van der Waals surface area (Å²) in [5.74, 6) is -0.566. The van der Waals surface area contributed by atoms with Crippen LogP contribution in [0.3, 0.4) is 0 Å². The SMILES string of the molecule is O=NC(O)c1ccc(CNCc2ccc(C(=O)NO)c(-c3ccccc3)c2)cc1-c1ccccc1. The normalized spacial score (nSPS) is 11.6. The third-order valence-electron chi connectivity index (χ3n) is 5.75. The number of aliphatic hydroxyl groups is 1. The molecule has 0 heterocycles. The molecule has 4 aromatic carbocycles. The Morgan fingerprint density at radius 2 is 1.31 bits per heavy atom. The number of hydrogen-bond donors (Lipinski definition) is 4. The number of rotatable bonds is 9. The largest absolute Gasteiger partial charge is 0.365 e. The average Bonchev–Trinajstić information content (AvgIpc) is 2.93. The molecule has 4 rings (SSSR count). The first kappa shape index (κ1) is 24.0. The number of benzene rings is 4. The smallest absolute Gasteiger partial charge is 0.275 e. The van der Waals surface area contributed by atoms with Gasteiger partial charge >= 0.3 is 0 Å². The minimum atomic E-state index is -1.43. The molecular weight excluding hydrogens is 442 g/mol. The molecule has 0 saturated heterocycles. The summed E-state index contributed by atoms with van der Waals surface area (Å²) >= 11 is 0. The lowest BCUT2D eigenvalue weighted by Crippen LogP contribution is -2.20. The number of hydrogen-bond acceptors (Lipinski definition) is 6. The fourth-order valence-corrected chi connectivity index (χ4v) is 4.03. The second-order valence-corrected chi connectivity index (χ2v) is 8.06. The Bertz CT molecular complexity index is 1310. The molecule has 0 radical (unpaired) electrons. The van der Waals surface area contributed by atoms with E-state index in [9.17, 15) is 14.8 Å². The van der Waals surface area contributed by atoms with E-state index in [1.807, 2.05) is 84.9 Å². The zero-order valence-corrected chi connectivity index (χ0v) is 18.9. The van der Waals surface area contributed by atoms with Gasteiger partial charge < -0.3 is 10.4 Å². The van der Waals surface area contributed by atoms with Crippen molar-refractivity contribution >= 4 is 5.91 Å². The van der Waals surface area contributed by atoms with Gasteiger partial charge in [0.25, 0.3) is 5.91 Å². The molecule has 1 atom stereocenters. The maximum absolute atomic E-state index is 12.1. The Hall–Kier alpha value is -4.17. The van der Waals surface area contributed by atoms with Gasteiger partial charge in [-0.2, -0.15) is 0 Å². The summed E-state index contributed by atoms with van der Waals surface area (Å²) < 4.78 is 0. The Morgan fingerprint density at radius 1 is 0.771 bits per heavy atom. The van der Waals surface area contributed by atoms with Gasteiger partial charge in [0.05, 0.1) is 0 Å². The molecule has 4 aromatic rings. The van der Waals surface area contributed by atoms with Gasteiger partial charge in [-0.15, -0.1) is 4.91 Å². The highest BCUT2D eigenvalue weighted by atomic mass is 16.5. The predicted molar refractivity (Wildman–Crippen MR) is 134 cm³/mol. The zero-order valence-electron chi connectivity index (χ0n) is 18.9. The molecule has 7 heteroatoms. The molecule has 1 unspecified atom stereocenters. The van der Waals surface area contributed by atoms with Gasteiger partial charge in [-0.3, -0.25) is 10.0 Å². The van der Waals surface area contributed by atoms with Crippen LogP contribution in [-0.2, 0) is 13.1 Å². The zero-order chi connectivity index (χ0) is 24.6. The van der Waals surface area contributed by atoms with Gasteiger partial charge in [0.15, 0.2) is 0 Å². The average molecular weight is 468 g/mol. The number of aliphatic hydroxyl groups excluding tert-OH is 1. The molecule has 0 aliphatic heterocycles. The minimum absolute atomic E-state index is 0.382. The first-order valence-corrected chi connectivity index (χ1v) is 11.1. The highest BCUT2D eigenvalue weighted by Gasteiger charge is 2.15. The third kappa shape index (κ3) is 5.67. The van der Waals surface area contributed by atoms with Crippen LogP contribution in [0.25, 0.3) is 22.3 Å². The van der Waals surface area contributed by atoms with Gasteiger partial charge in [0, 0.05) is 24.2 Å². The summed E-state index contributed by atoms with van der Waals surface area (Å²) in [5.41, 5.74) is 7.74. The highest BCUT2D eigenvalue weighted by Crippen LogP contribution is 2.30. The molecule has 4 N–H and O–H groups in total. The number of nitrogens with zero attached hydrogens (tertiary/aromatic N) is 1. The molecule has 0 spiro atoms. The first-order valence-electron chi connectivity index (χ1n) is 11.1. The molecule has 176 valence electrons. The first-order chi connectivity index (χ1) is 17.1. The van der Waals surface area contributed by atoms with E-state index in [1.165, 1.54) is 0 Å². The third-order valence-corrected chi connectivity index (χ3v) is 5.75. The molecule has 0 aliphatic carbocycles. The lowest BCUT2D eigenvalue weighted by Gasteiger charge is -2.14. The number of hydroxylamine groups is 1. The molecule has 7 nitrogen and oxygen atoms in total. The lowest BCUT2D eigenvalue weighted by molar-refractivity contribution is 0.0707. The summed E-state index contributed by atoms with van der Waals surface area (Å²) in [6.45, 7) is 1.09. The van der Waals surface area contributed by atoms with Crippen molar-refractivity contribution in [1.29, 1.82) is 0 Å². The van der Waals surface area contributed by atoms with Crippen molar-refractivity contribution in [2.24, 2.45) is 5.18 Å². The van der Waals surface area contributed by atoms with E-state index in [0.717, 1.165) is 33.4 Å². The summed E-state index contributed by atoms with van der Waals surface area (Å²) in [7, 11) is 0. The topological polar surface area (TPSA) is 111 Å². The second-order valence-electron chi connectivity index (χ2n) is 8.06. The minimum Gasteiger partial charge on any atom is -0.365 e. The van der Waals surface area contributed by atoms with E-state index >= 15 is 0 Å². The molecule has 1 amide bonds. The van der Waals surface area contributed by atoms with Crippen LogP contribution >= 0.6 is 0 Å². The van der Waals surface area contributed by atoms with Gasteiger partial charge in [-0.05, 0) is 56.8 Å². The van der Waals surface area contributed by atoms with Crippen LogP contribution in [0.1, 0.15) is 33.3 Å². The molecule has 0 aromatic heterocycles. The number of nitroso groups, excluding NO2 is 1. The molecule has 0 aliphatic rings. The predicted octanol–water partition coefficient (Wildman–Crippen LogP) is 5.19. The number of amides is 1. The molecule has 0 bridgehead atoms. The van der Waals surface area contributed by atoms with Crippen LogP contribution in [0, 0.1) is 4.91 Å². The Labute approximate surface area is 203 Å². The summed E-state index contributed by atoms with van der Waals surface area (Å²) in [6, 6.07) is 30.0. The Balaban J connectivity index is 1.54.